The van der Waals surface area contributed by atoms with Crippen molar-refractivity contribution >= 4 is 59.7 Å². The van der Waals surface area contributed by atoms with Gasteiger partial charge in [-0.05, 0) is 83.4 Å². The molecule has 1 amide bonds. The number of methoxy groups -OCH3 is 1. The maximum atomic E-state index is 13.5. The molecule has 42 heavy (non-hydrogen) atoms. The van der Waals surface area contributed by atoms with Crippen LogP contribution in [0.15, 0.2) is 104 Å². The number of amides is 1. The van der Waals surface area contributed by atoms with E-state index >= 15 is 0 Å². The highest BCUT2D eigenvalue weighted by molar-refractivity contribution is 9.10. The van der Waals surface area contributed by atoms with E-state index in [0.29, 0.717) is 38.3 Å². The number of carbonyl (C=O) groups is 1. The lowest BCUT2D eigenvalue weighted by Crippen LogP contribution is -2.39. The van der Waals surface area contributed by atoms with Crippen LogP contribution in [0.5, 0.6) is 11.5 Å². The highest BCUT2D eigenvalue weighted by Crippen LogP contribution is 2.37. The second kappa shape index (κ2) is 14.0. The van der Waals surface area contributed by atoms with E-state index in [2.05, 4.69) is 42.4 Å². The van der Waals surface area contributed by atoms with Gasteiger partial charge in [-0.15, -0.1) is 0 Å². The summed E-state index contributed by atoms with van der Waals surface area (Å²) in [6, 6.07) is 24.7. The molecule has 0 saturated heterocycles. The average molecular weight is 715 g/mol. The van der Waals surface area contributed by atoms with E-state index < -0.39 is 22.5 Å². The predicted octanol–water partition coefficient (Wildman–Crippen LogP) is 6.76. The minimum Gasteiger partial charge on any atom is -0.493 e. The Labute approximate surface area is 262 Å². The van der Waals surface area contributed by atoms with E-state index in [9.17, 15) is 13.2 Å². The van der Waals surface area contributed by atoms with Crippen molar-refractivity contribution in [2.24, 2.45) is 5.10 Å². The average Bonchev–Trinajstić information content (AvgIpc) is 2.96. The van der Waals surface area contributed by atoms with Crippen molar-refractivity contribution < 1.29 is 22.7 Å². The fraction of sp³-hybridized carbons (Fsp3) is 0.161. The van der Waals surface area contributed by atoms with Gasteiger partial charge >= 0.3 is 0 Å². The molecule has 4 rings (SSSR count). The molecule has 0 bridgehead atoms. The summed E-state index contributed by atoms with van der Waals surface area (Å²) in [6.07, 6.45) is 1.44. The van der Waals surface area contributed by atoms with Gasteiger partial charge in [-0.3, -0.25) is 9.10 Å². The number of hydrogen-bond acceptors (Lipinski definition) is 6. The number of aryl methyl sites for hydroxylation is 2. The number of sulfonamides is 1. The largest absolute Gasteiger partial charge is 0.493 e. The van der Waals surface area contributed by atoms with Gasteiger partial charge in [0.2, 0.25) is 0 Å². The molecule has 8 nitrogen and oxygen atoms in total. The Hall–Kier alpha value is -3.67. The number of hydrogen-bond donors (Lipinski definition) is 1. The number of nitrogens with one attached hydrogen (secondary N) is 1. The lowest BCUT2D eigenvalue weighted by atomic mass is 10.2. The van der Waals surface area contributed by atoms with Gasteiger partial charge in [-0.25, -0.2) is 13.8 Å². The smallest absolute Gasteiger partial charge is 0.264 e. The molecule has 11 heteroatoms. The van der Waals surface area contributed by atoms with Crippen LogP contribution >= 0.6 is 31.9 Å². The van der Waals surface area contributed by atoms with Crippen LogP contribution in [0.1, 0.15) is 22.3 Å². The number of rotatable bonds is 11. The summed E-state index contributed by atoms with van der Waals surface area (Å²) < 4.78 is 41.0. The molecule has 0 radical (unpaired) electrons. The summed E-state index contributed by atoms with van der Waals surface area (Å²) in [5, 5.41) is 4.05. The monoisotopic (exact) mass is 713 g/mol. The molecular weight excluding hydrogens is 686 g/mol. The van der Waals surface area contributed by atoms with Gasteiger partial charge in [0, 0.05) is 4.47 Å². The fourth-order valence-corrected chi connectivity index (χ4v) is 6.30. The Morgan fingerprint density at radius 2 is 1.62 bits per heavy atom. The SMILES string of the molecule is COc1cc(/C=N\NC(=O)CN(c2cccc(Br)c2)S(=O)(=O)c2ccc(C)cc2)cc(Br)c1OCc1ccc(C)cc1. The molecule has 1 N–H and O–H groups in total. The summed E-state index contributed by atoms with van der Waals surface area (Å²) in [5.74, 6) is 0.394. The Bertz CT molecular complexity index is 1690. The number of nitrogens with zero attached hydrogens (tertiary/aromatic N) is 2. The van der Waals surface area contributed by atoms with E-state index in [0.717, 1.165) is 15.4 Å². The van der Waals surface area contributed by atoms with Crippen LogP contribution in [-0.2, 0) is 21.4 Å². The molecule has 0 aliphatic rings. The van der Waals surface area contributed by atoms with Gasteiger partial charge < -0.3 is 9.47 Å². The second-order valence-corrected chi connectivity index (χ2v) is 13.0. The van der Waals surface area contributed by atoms with Crippen molar-refractivity contribution in [3.05, 3.63) is 116 Å². The standard InChI is InChI=1S/C31H29Br2N3O5S/c1-21-7-11-23(12-8-21)20-41-31-28(33)15-24(16-29(31)40-3)18-34-35-30(37)19-36(26-6-4-5-25(32)17-26)42(38,39)27-13-9-22(2)10-14-27/h4-18H,19-20H2,1-3H3,(H,35,37)/b34-18-. The van der Waals surface area contributed by atoms with Crippen LogP contribution in [0.25, 0.3) is 0 Å². The van der Waals surface area contributed by atoms with Crippen LogP contribution in [-0.4, -0.2) is 34.2 Å². The number of hydrazone groups is 1. The Morgan fingerprint density at radius 1 is 0.952 bits per heavy atom. The van der Waals surface area contributed by atoms with Crippen LogP contribution < -0.4 is 19.2 Å². The first-order chi connectivity index (χ1) is 20.1. The summed E-state index contributed by atoms with van der Waals surface area (Å²) in [5.41, 5.74) is 6.49. The van der Waals surface area contributed by atoms with Gasteiger partial charge in [0.05, 0.1) is 28.4 Å². The molecule has 4 aromatic rings. The summed E-state index contributed by atoms with van der Waals surface area (Å²) in [6.45, 7) is 3.77. The van der Waals surface area contributed by atoms with Crippen molar-refractivity contribution in [2.75, 3.05) is 18.0 Å². The maximum Gasteiger partial charge on any atom is 0.264 e. The molecule has 0 heterocycles. The van der Waals surface area contributed by atoms with Crippen LogP contribution in [0.3, 0.4) is 0 Å². The Morgan fingerprint density at radius 3 is 2.26 bits per heavy atom. The molecular formula is C31H29Br2N3O5S. The first-order valence-corrected chi connectivity index (χ1v) is 15.8. The minimum atomic E-state index is -4.04. The third kappa shape index (κ3) is 7.99. The molecule has 0 saturated carbocycles. The normalized spacial score (nSPS) is 11.4. The molecule has 218 valence electrons. The van der Waals surface area contributed by atoms with Crippen LogP contribution in [0.2, 0.25) is 0 Å². The summed E-state index contributed by atoms with van der Waals surface area (Å²) in [4.78, 5) is 13.0. The van der Waals surface area contributed by atoms with E-state index in [1.165, 1.54) is 31.0 Å². The van der Waals surface area contributed by atoms with E-state index in [1.807, 2.05) is 38.1 Å². The predicted molar refractivity (Wildman–Crippen MR) is 172 cm³/mol. The number of carbonyl (C=O) groups excluding carboxylic acids is 1. The zero-order valence-electron chi connectivity index (χ0n) is 23.2. The number of halogens is 2. The summed E-state index contributed by atoms with van der Waals surface area (Å²) in [7, 11) is -2.51. The Balaban J connectivity index is 1.48. The first kappa shape index (κ1) is 31.3. The summed E-state index contributed by atoms with van der Waals surface area (Å²) >= 11 is 6.90. The molecule has 0 aliphatic heterocycles. The highest BCUT2D eigenvalue weighted by atomic mass is 79.9. The van der Waals surface area contributed by atoms with Gasteiger partial charge in [0.15, 0.2) is 11.5 Å². The fourth-order valence-electron chi connectivity index (χ4n) is 3.92. The molecule has 0 spiro atoms. The lowest BCUT2D eigenvalue weighted by Gasteiger charge is -2.24. The van der Waals surface area contributed by atoms with Crippen molar-refractivity contribution in [3.63, 3.8) is 0 Å². The zero-order chi connectivity index (χ0) is 30.3. The third-order valence-electron chi connectivity index (χ3n) is 6.15. The lowest BCUT2D eigenvalue weighted by molar-refractivity contribution is -0.119. The van der Waals surface area contributed by atoms with E-state index in [4.69, 9.17) is 9.47 Å². The number of anilines is 1. The third-order valence-corrected chi connectivity index (χ3v) is 9.02. The van der Waals surface area contributed by atoms with E-state index in [-0.39, 0.29) is 4.90 Å². The molecule has 0 unspecified atom stereocenters. The van der Waals surface area contributed by atoms with Crippen LogP contribution in [0.4, 0.5) is 5.69 Å². The minimum absolute atomic E-state index is 0.0750. The second-order valence-electron chi connectivity index (χ2n) is 9.41. The van der Waals surface area contributed by atoms with Gasteiger partial charge in [0.1, 0.15) is 13.2 Å². The molecule has 0 aliphatic carbocycles. The van der Waals surface area contributed by atoms with Crippen LogP contribution in [0, 0.1) is 13.8 Å². The van der Waals surface area contributed by atoms with Crippen molar-refractivity contribution in [3.8, 4) is 11.5 Å². The Kier molecular flexibility index (Phi) is 10.4. The number of benzene rings is 4. The number of ether oxygens (including phenoxy) is 2. The zero-order valence-corrected chi connectivity index (χ0v) is 27.2. The maximum absolute atomic E-state index is 13.5. The first-order valence-electron chi connectivity index (χ1n) is 12.8. The molecule has 0 aromatic heterocycles. The van der Waals surface area contributed by atoms with Crippen molar-refractivity contribution in [2.45, 2.75) is 25.3 Å². The quantitative estimate of drug-likeness (QED) is 0.137. The van der Waals surface area contributed by atoms with Crippen molar-refractivity contribution in [1.29, 1.82) is 0 Å². The van der Waals surface area contributed by atoms with E-state index in [1.54, 1.807) is 48.5 Å². The molecule has 0 atom stereocenters. The van der Waals surface area contributed by atoms with Crippen molar-refractivity contribution in [1.82, 2.24) is 5.43 Å². The van der Waals surface area contributed by atoms with Gasteiger partial charge in [-0.1, -0.05) is 69.5 Å². The highest BCUT2D eigenvalue weighted by Gasteiger charge is 2.27. The topological polar surface area (TPSA) is 97.3 Å². The molecule has 4 aromatic carbocycles. The molecule has 0 fully saturated rings. The van der Waals surface area contributed by atoms with Gasteiger partial charge in [0.25, 0.3) is 15.9 Å². The van der Waals surface area contributed by atoms with Gasteiger partial charge in [-0.2, -0.15) is 5.10 Å².